The molecule has 6 nitrogen and oxygen atoms in total. The van der Waals surface area contributed by atoms with Crippen LogP contribution in [0.1, 0.15) is 23.2 Å². The topological polar surface area (TPSA) is 89.4 Å². The van der Waals surface area contributed by atoms with Crippen LogP contribution < -0.4 is 5.76 Å². The molecule has 0 amide bonds. The number of fused-ring (bicyclic) bond motifs is 1. The molecule has 0 aliphatic heterocycles. The molecule has 0 aliphatic rings. The highest BCUT2D eigenvalue weighted by Crippen LogP contribution is 2.14. The second-order valence-electron chi connectivity index (χ2n) is 3.72. The molecular formula is C12H11NO5. The van der Waals surface area contributed by atoms with E-state index in [4.69, 9.17) is 4.42 Å². The van der Waals surface area contributed by atoms with E-state index in [-0.39, 0.29) is 18.6 Å². The van der Waals surface area contributed by atoms with Crippen LogP contribution in [0.3, 0.4) is 0 Å². The van der Waals surface area contributed by atoms with Crippen molar-refractivity contribution in [3.63, 3.8) is 0 Å². The molecule has 0 saturated heterocycles. The predicted octanol–water partition coefficient (Wildman–Crippen LogP) is 1.26. The number of hydrogen-bond acceptors (Lipinski definition) is 5. The highest BCUT2D eigenvalue weighted by molar-refractivity contribution is 5.99. The minimum absolute atomic E-state index is 0.0370. The summed E-state index contributed by atoms with van der Waals surface area (Å²) in [5.74, 6) is -1.19. The largest absolute Gasteiger partial charge is 0.469 e. The van der Waals surface area contributed by atoms with Gasteiger partial charge >= 0.3 is 11.7 Å². The average Bonchev–Trinajstić information content (AvgIpc) is 2.74. The van der Waals surface area contributed by atoms with E-state index < -0.39 is 11.7 Å². The molecule has 1 aromatic carbocycles. The van der Waals surface area contributed by atoms with E-state index in [1.807, 2.05) is 0 Å². The van der Waals surface area contributed by atoms with Crippen LogP contribution >= 0.6 is 0 Å². The summed E-state index contributed by atoms with van der Waals surface area (Å²) in [5, 5.41) is 0. The Labute approximate surface area is 102 Å². The maximum absolute atomic E-state index is 11.8. The Morgan fingerprint density at radius 1 is 1.33 bits per heavy atom. The Morgan fingerprint density at radius 2 is 2.11 bits per heavy atom. The van der Waals surface area contributed by atoms with Gasteiger partial charge < -0.3 is 9.15 Å². The zero-order valence-corrected chi connectivity index (χ0v) is 9.69. The van der Waals surface area contributed by atoms with Crippen LogP contribution in [0.4, 0.5) is 0 Å². The number of H-pyrrole nitrogens is 1. The first kappa shape index (κ1) is 12.1. The van der Waals surface area contributed by atoms with Crippen LogP contribution in [0.15, 0.2) is 27.4 Å². The van der Waals surface area contributed by atoms with Gasteiger partial charge in [-0.15, -0.1) is 0 Å². The lowest BCUT2D eigenvalue weighted by Crippen LogP contribution is -2.05. The molecular weight excluding hydrogens is 238 g/mol. The Balaban J connectivity index is 2.17. The molecule has 18 heavy (non-hydrogen) atoms. The van der Waals surface area contributed by atoms with E-state index in [1.54, 1.807) is 12.1 Å². The van der Waals surface area contributed by atoms with Crippen LogP contribution in [0.2, 0.25) is 0 Å². The lowest BCUT2D eigenvalue weighted by Gasteiger charge is -2.00. The number of aromatic nitrogens is 1. The molecule has 0 radical (unpaired) electrons. The zero-order valence-electron chi connectivity index (χ0n) is 9.69. The SMILES string of the molecule is COC(=O)CCC(=O)c1ccc2oc(=O)[nH]c2c1. The lowest BCUT2D eigenvalue weighted by molar-refractivity contribution is -0.140. The van der Waals surface area contributed by atoms with E-state index in [0.29, 0.717) is 16.7 Å². The number of ether oxygens (including phenoxy) is 1. The van der Waals surface area contributed by atoms with E-state index in [2.05, 4.69) is 9.72 Å². The number of benzene rings is 1. The van der Waals surface area contributed by atoms with E-state index in [9.17, 15) is 14.4 Å². The van der Waals surface area contributed by atoms with Crippen molar-refractivity contribution in [3.8, 4) is 0 Å². The number of hydrogen-bond donors (Lipinski definition) is 1. The number of ketones is 1. The summed E-state index contributed by atoms with van der Waals surface area (Å²) >= 11 is 0. The molecule has 1 aromatic heterocycles. The molecule has 1 heterocycles. The molecule has 6 heteroatoms. The number of oxazole rings is 1. The van der Waals surface area contributed by atoms with Crippen molar-refractivity contribution < 1.29 is 18.7 Å². The smallest absolute Gasteiger partial charge is 0.417 e. The molecule has 2 rings (SSSR count). The van der Waals surface area contributed by atoms with Crippen LogP contribution in [0.25, 0.3) is 11.1 Å². The first-order chi connectivity index (χ1) is 8.60. The summed E-state index contributed by atoms with van der Waals surface area (Å²) in [6.07, 6.45) is 0.107. The Bertz CT molecular complexity index is 652. The van der Waals surface area contributed by atoms with Crippen LogP contribution in [-0.4, -0.2) is 23.8 Å². The van der Waals surface area contributed by atoms with Gasteiger partial charge in [0.15, 0.2) is 11.4 Å². The van der Waals surface area contributed by atoms with Crippen molar-refractivity contribution in [2.45, 2.75) is 12.8 Å². The molecule has 0 spiro atoms. The van der Waals surface area contributed by atoms with E-state index in [1.165, 1.54) is 13.2 Å². The minimum atomic E-state index is -0.566. The normalized spacial score (nSPS) is 10.5. The first-order valence-electron chi connectivity index (χ1n) is 5.33. The molecule has 0 atom stereocenters. The number of rotatable bonds is 4. The first-order valence-corrected chi connectivity index (χ1v) is 5.33. The van der Waals surface area contributed by atoms with E-state index in [0.717, 1.165) is 0 Å². The third-order valence-electron chi connectivity index (χ3n) is 2.52. The average molecular weight is 249 g/mol. The molecule has 94 valence electrons. The second kappa shape index (κ2) is 4.87. The van der Waals surface area contributed by atoms with Gasteiger partial charge in [-0.3, -0.25) is 14.6 Å². The summed E-state index contributed by atoms with van der Waals surface area (Å²) in [7, 11) is 1.27. The van der Waals surface area contributed by atoms with Gasteiger partial charge in [-0.1, -0.05) is 0 Å². The van der Waals surface area contributed by atoms with Gasteiger partial charge in [0.05, 0.1) is 19.0 Å². The maximum atomic E-state index is 11.8. The zero-order chi connectivity index (χ0) is 13.1. The molecule has 2 aromatic rings. The Kier molecular flexibility index (Phi) is 3.27. The second-order valence-corrected chi connectivity index (χ2v) is 3.72. The van der Waals surface area contributed by atoms with Gasteiger partial charge in [-0.05, 0) is 18.2 Å². The minimum Gasteiger partial charge on any atom is -0.469 e. The van der Waals surface area contributed by atoms with Crippen molar-refractivity contribution in [1.29, 1.82) is 0 Å². The lowest BCUT2D eigenvalue weighted by atomic mass is 10.1. The summed E-state index contributed by atoms with van der Waals surface area (Å²) in [4.78, 5) is 36.1. The Hall–Kier alpha value is -2.37. The van der Waals surface area contributed by atoms with Crippen molar-refractivity contribution in [1.82, 2.24) is 4.98 Å². The molecule has 1 N–H and O–H groups in total. The predicted molar refractivity (Wildman–Crippen MR) is 62.4 cm³/mol. The molecule has 0 unspecified atom stereocenters. The molecule has 0 fully saturated rings. The van der Waals surface area contributed by atoms with Gasteiger partial charge in [-0.25, -0.2) is 4.79 Å². The van der Waals surface area contributed by atoms with Crippen LogP contribution in [-0.2, 0) is 9.53 Å². The standard InChI is InChI=1S/C12H11NO5/c1-17-11(15)5-3-9(14)7-2-4-10-8(6-7)13-12(16)18-10/h2,4,6H,3,5H2,1H3,(H,13,16). The highest BCUT2D eigenvalue weighted by atomic mass is 16.5. The molecule has 0 aliphatic carbocycles. The monoisotopic (exact) mass is 249 g/mol. The number of aromatic amines is 1. The van der Waals surface area contributed by atoms with Crippen molar-refractivity contribution in [3.05, 3.63) is 34.3 Å². The number of carbonyl (C=O) groups excluding carboxylic acids is 2. The van der Waals surface area contributed by atoms with Crippen molar-refractivity contribution >= 4 is 22.9 Å². The Morgan fingerprint density at radius 3 is 2.83 bits per heavy atom. The summed E-state index contributed by atoms with van der Waals surface area (Å²) in [5.41, 5.74) is 1.27. The third-order valence-corrected chi connectivity index (χ3v) is 2.52. The highest BCUT2D eigenvalue weighted by Gasteiger charge is 2.11. The van der Waals surface area contributed by atoms with Gasteiger partial charge in [0, 0.05) is 12.0 Å². The summed E-state index contributed by atoms with van der Waals surface area (Å²) in [6.45, 7) is 0. The fraction of sp³-hybridized carbons (Fsp3) is 0.250. The van der Waals surface area contributed by atoms with Crippen molar-refractivity contribution in [2.24, 2.45) is 0 Å². The third kappa shape index (κ3) is 2.48. The summed E-state index contributed by atoms with van der Waals surface area (Å²) in [6, 6.07) is 4.62. The molecule has 0 saturated carbocycles. The number of carbonyl (C=O) groups is 2. The van der Waals surface area contributed by atoms with Crippen LogP contribution in [0, 0.1) is 0 Å². The number of Topliss-reactive ketones (excluding diaryl/α,β-unsaturated/α-hetero) is 1. The van der Waals surface area contributed by atoms with E-state index >= 15 is 0 Å². The quantitative estimate of drug-likeness (QED) is 0.650. The van der Waals surface area contributed by atoms with Crippen molar-refractivity contribution in [2.75, 3.05) is 7.11 Å². The maximum Gasteiger partial charge on any atom is 0.417 e. The fourth-order valence-electron chi connectivity index (χ4n) is 1.59. The van der Waals surface area contributed by atoms with Gasteiger partial charge in [-0.2, -0.15) is 0 Å². The number of esters is 1. The fourth-order valence-corrected chi connectivity index (χ4v) is 1.59. The van der Waals surface area contributed by atoms with Gasteiger partial charge in [0.2, 0.25) is 0 Å². The van der Waals surface area contributed by atoms with Gasteiger partial charge in [0.1, 0.15) is 0 Å². The van der Waals surface area contributed by atoms with Crippen LogP contribution in [0.5, 0.6) is 0 Å². The number of methoxy groups -OCH3 is 1. The summed E-state index contributed by atoms with van der Waals surface area (Å²) < 4.78 is 9.28. The number of nitrogens with one attached hydrogen (secondary N) is 1. The molecule has 0 bridgehead atoms. The van der Waals surface area contributed by atoms with Gasteiger partial charge in [0.25, 0.3) is 0 Å².